The lowest BCUT2D eigenvalue weighted by atomic mass is 9.16. The number of allylic oxidation sites excluding steroid dienone is 2. The highest BCUT2D eigenvalue weighted by atomic mass is 16.5. The molecule has 5 heteroatoms. The van der Waals surface area contributed by atoms with Gasteiger partial charge in [0.05, 0.1) is 0 Å². The number of carbonyl (C=O) groups excluding carboxylic acids is 1. The average molecular weight is 184 g/mol. The molecule has 0 aromatic carbocycles. The standard InChI is InChI=1S/C9H11B3O2/c1-2-3-4-7-5-6-8(13)9(14-7)12(10)11/h4-6,9H,2-3H2,1H3/b7-4-. The first kappa shape index (κ1) is 11.2. The Labute approximate surface area is 87.6 Å². The molecule has 14 heavy (non-hydrogen) atoms. The van der Waals surface area contributed by atoms with Gasteiger partial charge in [-0.2, -0.15) is 0 Å². The first-order chi connectivity index (χ1) is 6.65. The minimum atomic E-state index is -0.766. The van der Waals surface area contributed by atoms with Gasteiger partial charge in [0.2, 0.25) is 0 Å². The molecule has 1 unspecified atom stereocenters. The summed E-state index contributed by atoms with van der Waals surface area (Å²) in [5.41, 5.74) is 0. The largest absolute Gasteiger partial charge is 0.493 e. The van der Waals surface area contributed by atoms with E-state index < -0.39 is 12.5 Å². The lowest BCUT2D eigenvalue weighted by Crippen LogP contribution is -2.42. The van der Waals surface area contributed by atoms with Crippen molar-refractivity contribution in [2.24, 2.45) is 0 Å². The molecule has 0 aromatic heterocycles. The van der Waals surface area contributed by atoms with Crippen molar-refractivity contribution in [3.05, 3.63) is 24.0 Å². The Bertz CT molecular complexity index is 271. The van der Waals surface area contributed by atoms with Crippen molar-refractivity contribution in [2.75, 3.05) is 0 Å². The van der Waals surface area contributed by atoms with Crippen molar-refractivity contribution in [2.45, 2.75) is 25.8 Å². The Morgan fingerprint density at radius 1 is 1.57 bits per heavy atom. The summed E-state index contributed by atoms with van der Waals surface area (Å²) in [5.74, 6) is 0.506. The lowest BCUT2D eigenvalue weighted by molar-refractivity contribution is -0.120. The molecule has 4 radical (unpaired) electrons. The molecule has 0 aromatic rings. The normalized spacial score (nSPS) is 23.6. The number of unbranched alkanes of at least 4 members (excludes halogenated alkanes) is 1. The van der Waals surface area contributed by atoms with Gasteiger partial charge >= 0.3 is 0 Å². The van der Waals surface area contributed by atoms with Crippen molar-refractivity contribution in [3.8, 4) is 0 Å². The minimum absolute atomic E-state index is 0.173. The van der Waals surface area contributed by atoms with Crippen LogP contribution < -0.4 is 0 Å². The van der Waals surface area contributed by atoms with Gasteiger partial charge in [0.15, 0.2) is 5.78 Å². The summed E-state index contributed by atoms with van der Waals surface area (Å²) in [6.45, 7) is 1.30. The van der Waals surface area contributed by atoms with E-state index in [1.165, 1.54) is 6.08 Å². The molecular weight excluding hydrogens is 173 g/mol. The third-order valence-corrected chi connectivity index (χ3v) is 1.94. The molecule has 1 aliphatic heterocycles. The highest BCUT2D eigenvalue weighted by Crippen LogP contribution is 2.14. The molecule has 0 fully saturated rings. The first-order valence-electron chi connectivity index (χ1n) is 4.75. The van der Waals surface area contributed by atoms with Crippen LogP contribution in [0.15, 0.2) is 24.0 Å². The zero-order valence-corrected chi connectivity index (χ0v) is 8.27. The molecule has 0 N–H and O–H groups in total. The molecule has 0 saturated heterocycles. The summed E-state index contributed by atoms with van der Waals surface area (Å²) < 4.78 is 5.34. The Hall–Kier alpha value is -0.855. The number of hydrogen-bond acceptors (Lipinski definition) is 2. The average Bonchev–Trinajstić information content (AvgIpc) is 2.16. The van der Waals surface area contributed by atoms with Crippen LogP contribution in [0, 0.1) is 0 Å². The summed E-state index contributed by atoms with van der Waals surface area (Å²) >= 11 is 0. The van der Waals surface area contributed by atoms with Gasteiger partial charge in [-0.15, -0.1) is 0 Å². The van der Waals surface area contributed by atoms with Crippen LogP contribution in [-0.4, -0.2) is 33.8 Å². The Morgan fingerprint density at radius 3 is 2.86 bits per heavy atom. The Morgan fingerprint density at radius 2 is 2.29 bits per heavy atom. The van der Waals surface area contributed by atoms with Gasteiger partial charge in [0.1, 0.15) is 18.3 Å². The number of ketones is 1. The van der Waals surface area contributed by atoms with Crippen LogP contribution in [0.3, 0.4) is 0 Å². The van der Waals surface area contributed by atoms with E-state index in [4.69, 9.17) is 20.2 Å². The molecule has 1 rings (SSSR count). The highest BCUT2D eigenvalue weighted by molar-refractivity contribution is 7.30. The predicted molar refractivity (Wildman–Crippen MR) is 59.3 cm³/mol. The number of carbonyl (C=O) groups is 1. The maximum absolute atomic E-state index is 11.3. The lowest BCUT2D eigenvalue weighted by Gasteiger charge is -2.23. The second-order valence-electron chi connectivity index (χ2n) is 3.25. The summed E-state index contributed by atoms with van der Waals surface area (Å²) in [6, 6.07) is -0.733. The third-order valence-electron chi connectivity index (χ3n) is 1.94. The fourth-order valence-corrected chi connectivity index (χ4v) is 1.17. The second kappa shape index (κ2) is 5.13. The molecule has 0 saturated carbocycles. The molecule has 1 atom stereocenters. The number of rotatable bonds is 3. The van der Waals surface area contributed by atoms with Crippen molar-refractivity contribution in [1.82, 2.24) is 0 Å². The molecule has 68 valence electrons. The van der Waals surface area contributed by atoms with Gasteiger partial charge < -0.3 is 4.74 Å². The third kappa shape index (κ3) is 2.83. The molecule has 2 nitrogen and oxygen atoms in total. The van der Waals surface area contributed by atoms with Gasteiger partial charge in [-0.1, -0.05) is 13.3 Å². The van der Waals surface area contributed by atoms with Crippen molar-refractivity contribution >= 4 is 27.8 Å². The fraction of sp³-hybridized carbons (Fsp3) is 0.444. The van der Waals surface area contributed by atoms with Crippen LogP contribution in [0.5, 0.6) is 0 Å². The summed E-state index contributed by atoms with van der Waals surface area (Å²) in [7, 11) is 10.8. The van der Waals surface area contributed by atoms with E-state index in [0.717, 1.165) is 12.8 Å². The number of ether oxygens (including phenoxy) is 1. The van der Waals surface area contributed by atoms with Gasteiger partial charge in [-0.3, -0.25) is 4.79 Å². The van der Waals surface area contributed by atoms with E-state index in [0.29, 0.717) is 5.76 Å². The van der Waals surface area contributed by atoms with E-state index in [9.17, 15) is 4.79 Å². The quantitative estimate of drug-likeness (QED) is 0.598. The van der Waals surface area contributed by atoms with Crippen LogP contribution in [-0.2, 0) is 9.53 Å². The van der Waals surface area contributed by atoms with Crippen LogP contribution in [0.25, 0.3) is 0 Å². The second-order valence-corrected chi connectivity index (χ2v) is 3.25. The van der Waals surface area contributed by atoms with Crippen LogP contribution >= 0.6 is 0 Å². The Balaban J connectivity index is 2.69. The van der Waals surface area contributed by atoms with Crippen LogP contribution in [0.2, 0.25) is 0 Å². The predicted octanol–water partition coefficient (Wildman–Crippen LogP) is 0.559. The van der Waals surface area contributed by atoms with E-state index in [-0.39, 0.29) is 5.78 Å². The van der Waals surface area contributed by atoms with Crippen molar-refractivity contribution < 1.29 is 9.53 Å². The highest BCUT2D eigenvalue weighted by Gasteiger charge is 2.25. The summed E-state index contributed by atoms with van der Waals surface area (Å²) in [5, 5.41) is 0. The van der Waals surface area contributed by atoms with Crippen molar-refractivity contribution in [3.63, 3.8) is 0 Å². The van der Waals surface area contributed by atoms with E-state index in [1.54, 1.807) is 6.08 Å². The van der Waals surface area contributed by atoms with Crippen LogP contribution in [0.4, 0.5) is 0 Å². The summed E-state index contributed by atoms with van der Waals surface area (Å²) in [6.07, 6.45) is 6.99. The molecule has 1 aliphatic rings. The van der Waals surface area contributed by atoms with Crippen molar-refractivity contribution in [1.29, 1.82) is 0 Å². The SMILES string of the molecule is [B]B([B])C1O/C(=C\CCC)C=CC1=O. The number of hydrogen-bond donors (Lipinski definition) is 0. The molecule has 0 aliphatic carbocycles. The molecular formula is C9H11B3O2. The zero-order chi connectivity index (χ0) is 10.6. The van der Waals surface area contributed by atoms with E-state index in [2.05, 4.69) is 6.92 Å². The first-order valence-corrected chi connectivity index (χ1v) is 4.75. The smallest absolute Gasteiger partial charge is 0.186 e. The van der Waals surface area contributed by atoms with E-state index in [1.807, 2.05) is 6.08 Å². The molecule has 0 bridgehead atoms. The van der Waals surface area contributed by atoms with Gasteiger partial charge in [-0.25, -0.2) is 0 Å². The maximum atomic E-state index is 11.3. The summed E-state index contributed by atoms with van der Waals surface area (Å²) in [4.78, 5) is 11.3. The fourth-order valence-electron chi connectivity index (χ4n) is 1.17. The molecule has 0 amide bonds. The van der Waals surface area contributed by atoms with Gasteiger partial charge in [0, 0.05) is 15.5 Å². The maximum Gasteiger partial charge on any atom is 0.186 e. The monoisotopic (exact) mass is 184 g/mol. The van der Waals surface area contributed by atoms with E-state index >= 15 is 0 Å². The van der Waals surface area contributed by atoms with Gasteiger partial charge in [0.25, 0.3) is 0 Å². The van der Waals surface area contributed by atoms with Gasteiger partial charge in [-0.05, 0) is 24.6 Å². The molecule has 0 spiro atoms. The van der Waals surface area contributed by atoms with Crippen LogP contribution in [0.1, 0.15) is 19.8 Å². The molecule has 1 heterocycles. The minimum Gasteiger partial charge on any atom is -0.493 e. The zero-order valence-electron chi connectivity index (χ0n) is 8.27. The Kier molecular flexibility index (Phi) is 4.11. The topological polar surface area (TPSA) is 26.3 Å².